The fourth-order valence-corrected chi connectivity index (χ4v) is 3.08. The number of rotatable bonds is 4. The van der Waals surface area contributed by atoms with Gasteiger partial charge in [0.15, 0.2) is 0 Å². The van der Waals surface area contributed by atoms with Gasteiger partial charge in [0.25, 0.3) is 0 Å². The van der Waals surface area contributed by atoms with E-state index in [0.29, 0.717) is 12.6 Å². The van der Waals surface area contributed by atoms with E-state index in [1.807, 2.05) is 0 Å². The lowest BCUT2D eigenvalue weighted by molar-refractivity contribution is -0.120. The minimum atomic E-state index is 0.127. The van der Waals surface area contributed by atoms with Crippen molar-refractivity contribution in [3.8, 4) is 0 Å². The summed E-state index contributed by atoms with van der Waals surface area (Å²) in [5.74, 6) is 0.127. The molecule has 19 heavy (non-hydrogen) atoms. The van der Waals surface area contributed by atoms with Gasteiger partial charge in [-0.3, -0.25) is 4.79 Å². The first-order valence-electron chi connectivity index (χ1n) is 7.17. The number of nitrogens with one attached hydrogen (secondary N) is 2. The molecule has 2 aliphatic carbocycles. The van der Waals surface area contributed by atoms with Crippen LogP contribution in [0.15, 0.2) is 24.3 Å². The van der Waals surface area contributed by atoms with Crippen molar-refractivity contribution >= 4 is 5.91 Å². The molecule has 3 nitrogen and oxygen atoms in total. The van der Waals surface area contributed by atoms with Crippen LogP contribution in [0.1, 0.15) is 43.9 Å². The van der Waals surface area contributed by atoms with Crippen molar-refractivity contribution in [3.63, 3.8) is 0 Å². The Kier molecular flexibility index (Phi) is 3.09. The summed E-state index contributed by atoms with van der Waals surface area (Å²) < 4.78 is 0. The molecule has 1 unspecified atom stereocenters. The molecule has 0 aromatic heterocycles. The maximum Gasteiger partial charge on any atom is 0.234 e. The van der Waals surface area contributed by atoms with E-state index in [2.05, 4.69) is 48.7 Å². The Morgan fingerprint density at radius 2 is 2.05 bits per heavy atom. The highest BCUT2D eigenvalue weighted by molar-refractivity contribution is 5.78. The van der Waals surface area contributed by atoms with Crippen LogP contribution >= 0.6 is 0 Å². The van der Waals surface area contributed by atoms with Gasteiger partial charge in [0, 0.05) is 12.1 Å². The summed E-state index contributed by atoms with van der Waals surface area (Å²) in [5, 5.41) is 6.48. The Hall–Kier alpha value is -1.35. The Balaban J connectivity index is 1.66. The molecule has 3 rings (SSSR count). The standard InChI is InChI=1S/C16H22N2O/c1-16(2)9-11-5-3-4-6-13(11)15(16)17-10-14(19)18-12-7-8-12/h3-6,12,15,17H,7-10H2,1-2H3,(H,18,19). The smallest absolute Gasteiger partial charge is 0.234 e. The van der Waals surface area contributed by atoms with Crippen molar-refractivity contribution in [1.82, 2.24) is 10.6 Å². The zero-order valence-corrected chi connectivity index (χ0v) is 11.7. The van der Waals surface area contributed by atoms with E-state index in [4.69, 9.17) is 0 Å². The van der Waals surface area contributed by atoms with E-state index in [1.165, 1.54) is 11.1 Å². The quantitative estimate of drug-likeness (QED) is 0.869. The first-order chi connectivity index (χ1) is 9.06. The van der Waals surface area contributed by atoms with E-state index >= 15 is 0 Å². The van der Waals surface area contributed by atoms with Gasteiger partial charge in [0.1, 0.15) is 0 Å². The van der Waals surface area contributed by atoms with Crippen molar-refractivity contribution in [2.24, 2.45) is 5.41 Å². The summed E-state index contributed by atoms with van der Waals surface area (Å²) in [6.07, 6.45) is 3.36. The molecular weight excluding hydrogens is 236 g/mol. The molecule has 2 aliphatic rings. The van der Waals surface area contributed by atoms with Crippen LogP contribution in [0.3, 0.4) is 0 Å². The number of amides is 1. The molecule has 1 aromatic carbocycles. The van der Waals surface area contributed by atoms with Crippen LogP contribution in [0.4, 0.5) is 0 Å². The molecule has 1 amide bonds. The van der Waals surface area contributed by atoms with Gasteiger partial charge in [-0.05, 0) is 35.8 Å². The van der Waals surface area contributed by atoms with Crippen molar-refractivity contribution in [3.05, 3.63) is 35.4 Å². The van der Waals surface area contributed by atoms with Crippen molar-refractivity contribution in [2.75, 3.05) is 6.54 Å². The van der Waals surface area contributed by atoms with Crippen LogP contribution in [0.2, 0.25) is 0 Å². The normalized spacial score (nSPS) is 24.0. The van der Waals surface area contributed by atoms with Crippen molar-refractivity contribution in [2.45, 2.75) is 45.2 Å². The monoisotopic (exact) mass is 258 g/mol. The van der Waals surface area contributed by atoms with Gasteiger partial charge in [0.05, 0.1) is 6.54 Å². The molecule has 0 bridgehead atoms. The summed E-state index contributed by atoms with van der Waals surface area (Å²) in [6.45, 7) is 4.95. The Morgan fingerprint density at radius 3 is 2.79 bits per heavy atom. The van der Waals surface area contributed by atoms with Gasteiger partial charge in [-0.2, -0.15) is 0 Å². The summed E-state index contributed by atoms with van der Waals surface area (Å²) in [4.78, 5) is 11.8. The molecule has 0 heterocycles. The number of fused-ring (bicyclic) bond motifs is 1. The largest absolute Gasteiger partial charge is 0.352 e. The molecule has 1 fully saturated rings. The second-order valence-electron chi connectivity index (χ2n) is 6.52. The zero-order valence-electron chi connectivity index (χ0n) is 11.7. The average molecular weight is 258 g/mol. The average Bonchev–Trinajstić information content (AvgIpc) is 3.09. The maximum atomic E-state index is 11.8. The molecule has 1 saturated carbocycles. The van der Waals surface area contributed by atoms with Gasteiger partial charge in [0.2, 0.25) is 5.91 Å². The number of hydrogen-bond acceptors (Lipinski definition) is 2. The van der Waals surface area contributed by atoms with Crippen molar-refractivity contribution < 1.29 is 4.79 Å². The van der Waals surface area contributed by atoms with Crippen LogP contribution in [-0.4, -0.2) is 18.5 Å². The summed E-state index contributed by atoms with van der Waals surface area (Å²) in [7, 11) is 0. The van der Waals surface area contributed by atoms with Gasteiger partial charge in [-0.25, -0.2) is 0 Å². The van der Waals surface area contributed by atoms with E-state index in [9.17, 15) is 4.79 Å². The fraction of sp³-hybridized carbons (Fsp3) is 0.562. The van der Waals surface area contributed by atoms with Gasteiger partial charge < -0.3 is 10.6 Å². The highest BCUT2D eigenvalue weighted by Gasteiger charge is 2.38. The van der Waals surface area contributed by atoms with Crippen LogP contribution in [0, 0.1) is 5.41 Å². The number of carbonyl (C=O) groups is 1. The summed E-state index contributed by atoms with van der Waals surface area (Å²) in [6, 6.07) is 9.27. The second kappa shape index (κ2) is 4.64. The van der Waals surface area contributed by atoms with Crippen LogP contribution in [0.25, 0.3) is 0 Å². The predicted octanol–water partition coefficient (Wildman–Crippen LogP) is 2.18. The lowest BCUT2D eigenvalue weighted by atomic mass is 9.85. The number of hydrogen-bond donors (Lipinski definition) is 2. The molecule has 0 aliphatic heterocycles. The van der Waals surface area contributed by atoms with Gasteiger partial charge in [-0.15, -0.1) is 0 Å². The minimum absolute atomic E-state index is 0.127. The molecule has 2 N–H and O–H groups in total. The molecule has 0 saturated heterocycles. The Bertz CT molecular complexity index is 491. The Labute approximate surface area is 114 Å². The van der Waals surface area contributed by atoms with E-state index < -0.39 is 0 Å². The SMILES string of the molecule is CC1(C)Cc2ccccc2C1NCC(=O)NC1CC1. The third kappa shape index (κ3) is 2.66. The maximum absolute atomic E-state index is 11.8. The molecule has 1 aromatic rings. The topological polar surface area (TPSA) is 41.1 Å². The lowest BCUT2D eigenvalue weighted by Crippen LogP contribution is -2.39. The number of carbonyl (C=O) groups excluding carboxylic acids is 1. The summed E-state index contributed by atoms with van der Waals surface area (Å²) in [5.41, 5.74) is 2.93. The summed E-state index contributed by atoms with van der Waals surface area (Å²) >= 11 is 0. The molecular formula is C16H22N2O. The first kappa shape index (κ1) is 12.7. The van der Waals surface area contributed by atoms with Crippen LogP contribution in [-0.2, 0) is 11.2 Å². The zero-order chi connectivity index (χ0) is 13.5. The van der Waals surface area contributed by atoms with E-state index in [1.54, 1.807) is 0 Å². The molecule has 102 valence electrons. The lowest BCUT2D eigenvalue weighted by Gasteiger charge is -2.28. The Morgan fingerprint density at radius 1 is 1.32 bits per heavy atom. The highest BCUT2D eigenvalue weighted by atomic mass is 16.2. The minimum Gasteiger partial charge on any atom is -0.352 e. The highest BCUT2D eigenvalue weighted by Crippen LogP contribution is 2.44. The van der Waals surface area contributed by atoms with E-state index in [-0.39, 0.29) is 17.4 Å². The molecule has 0 radical (unpaired) electrons. The third-order valence-electron chi connectivity index (χ3n) is 4.20. The van der Waals surface area contributed by atoms with Gasteiger partial charge >= 0.3 is 0 Å². The fourth-order valence-electron chi connectivity index (χ4n) is 3.08. The molecule has 1 atom stereocenters. The number of benzene rings is 1. The molecule has 3 heteroatoms. The van der Waals surface area contributed by atoms with Crippen molar-refractivity contribution in [1.29, 1.82) is 0 Å². The first-order valence-corrected chi connectivity index (χ1v) is 7.17. The van der Waals surface area contributed by atoms with Gasteiger partial charge in [-0.1, -0.05) is 38.1 Å². The third-order valence-corrected chi connectivity index (χ3v) is 4.20. The van der Waals surface area contributed by atoms with Crippen LogP contribution in [0.5, 0.6) is 0 Å². The van der Waals surface area contributed by atoms with E-state index in [0.717, 1.165) is 19.3 Å². The predicted molar refractivity (Wildman–Crippen MR) is 75.8 cm³/mol. The van der Waals surface area contributed by atoms with Crippen LogP contribution < -0.4 is 10.6 Å². The second-order valence-corrected chi connectivity index (χ2v) is 6.52. The molecule has 0 spiro atoms.